The molecule has 1 fully saturated rings. The van der Waals surface area contributed by atoms with Crippen LogP contribution in [0, 0.1) is 0 Å². The van der Waals surface area contributed by atoms with Gasteiger partial charge in [-0.05, 0) is 12.5 Å². The highest BCUT2D eigenvalue weighted by Gasteiger charge is 2.37. The summed E-state index contributed by atoms with van der Waals surface area (Å²) in [6, 6.07) is 0. The van der Waals surface area contributed by atoms with Crippen LogP contribution < -0.4 is 0 Å². The molecule has 0 saturated carbocycles. The summed E-state index contributed by atoms with van der Waals surface area (Å²) in [4.78, 5) is 22.9. The Kier molecular flexibility index (Phi) is 12.9. The largest absolute Gasteiger partial charge is 0.463 e. The topological polar surface area (TPSA) is 72.8 Å². The van der Waals surface area contributed by atoms with E-state index in [-0.39, 0.29) is 19.0 Å². The number of ether oxygens (including phenoxy) is 2. The molecule has 5 heteroatoms. The van der Waals surface area contributed by atoms with Crippen molar-refractivity contribution in [3.05, 3.63) is 12.2 Å². The summed E-state index contributed by atoms with van der Waals surface area (Å²) in [5, 5.41) is 9.37. The molecule has 0 aliphatic carbocycles. The first-order valence-electron chi connectivity index (χ1n) is 10.8. The average molecular weight is 383 g/mol. The van der Waals surface area contributed by atoms with Crippen LogP contribution >= 0.6 is 0 Å². The average Bonchev–Trinajstić information content (AvgIpc) is 3.05. The van der Waals surface area contributed by atoms with Gasteiger partial charge in [-0.3, -0.25) is 4.79 Å². The highest BCUT2D eigenvalue weighted by molar-refractivity contribution is 5.82. The molecule has 1 saturated heterocycles. The van der Waals surface area contributed by atoms with Crippen molar-refractivity contribution in [2.45, 2.75) is 102 Å². The van der Waals surface area contributed by atoms with Gasteiger partial charge in [0.25, 0.3) is 0 Å². The van der Waals surface area contributed by atoms with Gasteiger partial charge in [0.15, 0.2) is 5.60 Å². The minimum Gasteiger partial charge on any atom is -0.463 e. The lowest BCUT2D eigenvalue weighted by molar-refractivity contribution is -0.148. The molecule has 5 nitrogen and oxygen atoms in total. The molecule has 1 atom stereocenters. The van der Waals surface area contributed by atoms with Crippen LogP contribution in [0.25, 0.3) is 0 Å². The van der Waals surface area contributed by atoms with Gasteiger partial charge >= 0.3 is 11.9 Å². The van der Waals surface area contributed by atoms with E-state index >= 15 is 0 Å². The van der Waals surface area contributed by atoms with Crippen molar-refractivity contribution in [3.63, 3.8) is 0 Å². The van der Waals surface area contributed by atoms with E-state index in [0.29, 0.717) is 13.0 Å². The molecule has 0 bridgehead atoms. The summed E-state index contributed by atoms with van der Waals surface area (Å²) >= 11 is 0. The number of aliphatic hydroxyl groups excluding tert-OH is 1. The second-order valence-electron chi connectivity index (χ2n) is 7.59. The number of esters is 2. The van der Waals surface area contributed by atoms with Crippen LogP contribution in [0.1, 0.15) is 96.8 Å². The van der Waals surface area contributed by atoms with E-state index in [0.717, 1.165) is 12.8 Å². The molecule has 0 amide bonds. The molecule has 1 aliphatic rings. The number of carbonyl (C=O) groups excluding carboxylic acids is 2. The van der Waals surface area contributed by atoms with Crippen LogP contribution in [-0.2, 0) is 19.1 Å². The molecule has 1 rings (SSSR count). The maximum Gasteiger partial charge on any atom is 0.330 e. The van der Waals surface area contributed by atoms with Crippen LogP contribution in [0.3, 0.4) is 0 Å². The molecule has 0 spiro atoms. The molecule has 0 aromatic rings. The lowest BCUT2D eigenvalue weighted by atomic mass is 10.0. The zero-order chi connectivity index (χ0) is 19.8. The number of aliphatic hydroxyl groups is 1. The van der Waals surface area contributed by atoms with E-state index in [1.807, 2.05) is 0 Å². The van der Waals surface area contributed by atoms with Gasteiger partial charge < -0.3 is 14.6 Å². The smallest absolute Gasteiger partial charge is 0.330 e. The fourth-order valence-electron chi connectivity index (χ4n) is 3.31. The summed E-state index contributed by atoms with van der Waals surface area (Å²) in [6.07, 6.45) is 18.6. The van der Waals surface area contributed by atoms with Crippen molar-refractivity contribution in [2.24, 2.45) is 0 Å². The van der Waals surface area contributed by atoms with Crippen LogP contribution in [0.5, 0.6) is 0 Å². The van der Waals surface area contributed by atoms with E-state index in [2.05, 4.69) is 6.92 Å². The van der Waals surface area contributed by atoms with Crippen molar-refractivity contribution < 1.29 is 24.2 Å². The Morgan fingerprint density at radius 2 is 1.59 bits per heavy atom. The number of unbranched alkanes of at least 4 members (excludes halogenated alkanes) is 11. The van der Waals surface area contributed by atoms with Gasteiger partial charge in [0, 0.05) is 18.9 Å². The van der Waals surface area contributed by atoms with Crippen LogP contribution in [0.4, 0.5) is 0 Å². The van der Waals surface area contributed by atoms with Gasteiger partial charge in [0.05, 0.1) is 13.2 Å². The third-order valence-corrected chi connectivity index (χ3v) is 5.10. The lowest BCUT2D eigenvalue weighted by Gasteiger charge is -2.20. The lowest BCUT2D eigenvalue weighted by Crippen LogP contribution is -2.30. The number of hydrogen-bond acceptors (Lipinski definition) is 5. The Balaban J connectivity index is 1.94. The molecule has 0 radical (unpaired) electrons. The summed E-state index contributed by atoms with van der Waals surface area (Å²) in [5.41, 5.74) is -1.05. The molecule has 1 heterocycles. The molecule has 0 aromatic carbocycles. The highest BCUT2D eigenvalue weighted by Crippen LogP contribution is 2.27. The SMILES string of the molecule is CCCCCCCCCCCCCCOC(=O)C=C[C@@]1(CO)CCC(=O)O1. The first-order chi connectivity index (χ1) is 13.1. The first-order valence-corrected chi connectivity index (χ1v) is 10.8. The summed E-state index contributed by atoms with van der Waals surface area (Å²) in [7, 11) is 0. The van der Waals surface area contributed by atoms with E-state index < -0.39 is 11.6 Å². The molecule has 1 aliphatic heterocycles. The minimum absolute atomic E-state index is 0.263. The predicted molar refractivity (Wildman–Crippen MR) is 106 cm³/mol. The quantitative estimate of drug-likeness (QED) is 0.235. The number of cyclic esters (lactones) is 1. The summed E-state index contributed by atoms with van der Waals surface area (Å²) in [5.74, 6) is -0.799. The first kappa shape index (κ1) is 23.7. The van der Waals surface area contributed by atoms with Gasteiger partial charge in [-0.25, -0.2) is 4.79 Å². The fourth-order valence-corrected chi connectivity index (χ4v) is 3.31. The van der Waals surface area contributed by atoms with Gasteiger partial charge in [0.1, 0.15) is 0 Å². The second-order valence-corrected chi connectivity index (χ2v) is 7.59. The molecular weight excluding hydrogens is 344 g/mol. The number of hydrogen-bond donors (Lipinski definition) is 1. The van der Waals surface area contributed by atoms with Gasteiger partial charge in [-0.1, -0.05) is 77.6 Å². The van der Waals surface area contributed by atoms with Crippen molar-refractivity contribution in [1.29, 1.82) is 0 Å². The Morgan fingerprint density at radius 1 is 1.04 bits per heavy atom. The standard InChI is InChI=1S/C22H38O5/c1-2-3-4-5-6-7-8-9-10-11-12-13-18-26-20(24)14-16-22(19-23)17-15-21(25)27-22/h14,16,23H,2-13,15,17-19H2,1H3/t22-/m0/s1. The number of rotatable bonds is 16. The highest BCUT2D eigenvalue weighted by atomic mass is 16.6. The maximum atomic E-state index is 11.7. The van der Waals surface area contributed by atoms with Crippen LogP contribution in [-0.4, -0.2) is 35.9 Å². The van der Waals surface area contributed by atoms with E-state index in [9.17, 15) is 14.7 Å². The molecular formula is C22H38O5. The van der Waals surface area contributed by atoms with Gasteiger partial charge in [-0.2, -0.15) is 0 Å². The normalized spacial score (nSPS) is 19.6. The van der Waals surface area contributed by atoms with Crippen molar-refractivity contribution in [3.8, 4) is 0 Å². The van der Waals surface area contributed by atoms with Crippen molar-refractivity contribution in [1.82, 2.24) is 0 Å². The van der Waals surface area contributed by atoms with Crippen molar-refractivity contribution >= 4 is 11.9 Å². The summed E-state index contributed by atoms with van der Waals surface area (Å²) in [6.45, 7) is 2.34. The van der Waals surface area contributed by atoms with E-state index in [4.69, 9.17) is 9.47 Å². The Hall–Kier alpha value is -1.36. The monoisotopic (exact) mass is 382 g/mol. The maximum absolute atomic E-state index is 11.7. The van der Waals surface area contributed by atoms with Crippen molar-refractivity contribution in [2.75, 3.05) is 13.2 Å². The second kappa shape index (κ2) is 14.7. The van der Waals surface area contributed by atoms with Crippen LogP contribution in [0.15, 0.2) is 12.2 Å². The third-order valence-electron chi connectivity index (χ3n) is 5.10. The predicted octanol–water partition coefficient (Wildman–Crippen LogP) is 4.86. The fraction of sp³-hybridized carbons (Fsp3) is 0.818. The van der Waals surface area contributed by atoms with E-state index in [1.54, 1.807) is 0 Å². The zero-order valence-electron chi connectivity index (χ0n) is 17.0. The molecule has 27 heavy (non-hydrogen) atoms. The zero-order valence-corrected chi connectivity index (χ0v) is 17.0. The van der Waals surface area contributed by atoms with Crippen LogP contribution in [0.2, 0.25) is 0 Å². The van der Waals surface area contributed by atoms with Gasteiger partial charge in [0.2, 0.25) is 0 Å². The molecule has 156 valence electrons. The Labute approximate surface area is 164 Å². The Morgan fingerprint density at radius 3 is 2.07 bits per heavy atom. The van der Waals surface area contributed by atoms with E-state index in [1.165, 1.54) is 76.4 Å². The summed E-state index contributed by atoms with van der Waals surface area (Å²) < 4.78 is 10.2. The molecule has 0 unspecified atom stereocenters. The molecule has 1 N–H and O–H groups in total. The number of carbonyl (C=O) groups is 2. The minimum atomic E-state index is -1.05. The van der Waals surface area contributed by atoms with Gasteiger partial charge in [-0.15, -0.1) is 0 Å². The molecule has 0 aromatic heterocycles. The third kappa shape index (κ3) is 11.2. The Bertz CT molecular complexity index is 446.